The van der Waals surface area contributed by atoms with Crippen LogP contribution in [0.15, 0.2) is 24.3 Å². The number of piperidine rings is 1. The molecule has 1 aliphatic carbocycles. The lowest BCUT2D eigenvalue weighted by Crippen LogP contribution is -2.51. The van der Waals surface area contributed by atoms with Crippen LogP contribution in [0, 0.1) is 0 Å². The number of carbonyl (C=O) groups is 1. The average molecular weight is 386 g/mol. The highest BCUT2D eigenvalue weighted by Gasteiger charge is 2.33. The number of rotatable bonds is 4. The van der Waals surface area contributed by atoms with E-state index in [0.29, 0.717) is 17.9 Å². The monoisotopic (exact) mass is 385 g/mol. The van der Waals surface area contributed by atoms with Gasteiger partial charge in [-0.05, 0) is 51.3 Å². The highest BCUT2D eigenvalue weighted by atomic mass is 32.1. The normalized spacial score (nSPS) is 23.4. The molecule has 4 nitrogen and oxygen atoms in total. The lowest BCUT2D eigenvalue weighted by atomic mass is 9.93. The van der Waals surface area contributed by atoms with E-state index < -0.39 is 0 Å². The molecule has 1 aromatic carbocycles. The lowest BCUT2D eigenvalue weighted by molar-refractivity contribution is -0.138. The molecule has 5 heteroatoms. The van der Waals surface area contributed by atoms with E-state index in [1.807, 2.05) is 23.3 Å². The first-order chi connectivity index (χ1) is 13.1. The summed E-state index contributed by atoms with van der Waals surface area (Å²) in [6.45, 7) is 4.07. The number of amides is 1. The van der Waals surface area contributed by atoms with Crippen molar-refractivity contribution in [2.24, 2.45) is 0 Å². The van der Waals surface area contributed by atoms with E-state index >= 15 is 0 Å². The summed E-state index contributed by atoms with van der Waals surface area (Å²) in [6.07, 6.45) is 8.51. The molecule has 2 atom stereocenters. The van der Waals surface area contributed by atoms with Crippen LogP contribution in [0.25, 0.3) is 10.2 Å². The predicted molar refractivity (Wildman–Crippen MR) is 112 cm³/mol. The third kappa shape index (κ3) is 4.04. The summed E-state index contributed by atoms with van der Waals surface area (Å²) in [7, 11) is 2.02. The molecule has 0 spiro atoms. The molecule has 1 saturated carbocycles. The first-order valence-corrected chi connectivity index (χ1v) is 11.3. The molecule has 1 saturated heterocycles. The van der Waals surface area contributed by atoms with Crippen LogP contribution in [-0.2, 0) is 4.79 Å². The number of benzene rings is 1. The van der Waals surface area contributed by atoms with E-state index in [2.05, 4.69) is 36.1 Å². The van der Waals surface area contributed by atoms with Crippen LogP contribution >= 0.6 is 11.3 Å². The van der Waals surface area contributed by atoms with Crippen molar-refractivity contribution < 1.29 is 4.79 Å². The molecule has 2 fully saturated rings. The van der Waals surface area contributed by atoms with E-state index in [9.17, 15) is 4.79 Å². The van der Waals surface area contributed by atoms with Gasteiger partial charge in [0.2, 0.25) is 5.91 Å². The molecule has 0 N–H and O–H groups in total. The number of aromatic nitrogens is 1. The minimum Gasteiger partial charge on any atom is -0.341 e. The van der Waals surface area contributed by atoms with Gasteiger partial charge in [-0.1, -0.05) is 31.4 Å². The number of carbonyl (C=O) groups excluding carboxylic acids is 1. The van der Waals surface area contributed by atoms with Gasteiger partial charge in [-0.25, -0.2) is 4.98 Å². The number of nitrogens with zero attached hydrogens (tertiary/aromatic N) is 3. The fourth-order valence-corrected chi connectivity index (χ4v) is 5.82. The second kappa shape index (κ2) is 8.27. The largest absolute Gasteiger partial charge is 0.341 e. The molecular formula is C22H31N3OS. The SMILES string of the molecule is C[C@H](C(=O)N(C)C1CCCCC1)N1CCC[C@H](c2nc3ccccc3s2)C1. The number of hydrogen-bond acceptors (Lipinski definition) is 4. The summed E-state index contributed by atoms with van der Waals surface area (Å²) >= 11 is 1.82. The van der Waals surface area contributed by atoms with Crippen LogP contribution in [0.3, 0.4) is 0 Å². The zero-order valence-electron chi connectivity index (χ0n) is 16.6. The third-order valence-electron chi connectivity index (χ3n) is 6.49. The molecule has 1 amide bonds. The standard InChI is InChI=1S/C22H31N3OS/c1-16(22(26)24(2)18-10-4-3-5-11-18)25-14-8-9-17(15-25)21-23-19-12-6-7-13-20(19)27-21/h6-7,12-13,16-18H,3-5,8-11,14-15H2,1-2H3/t16-,17+/m1/s1. The smallest absolute Gasteiger partial charge is 0.239 e. The Bertz CT molecular complexity index is 750. The first kappa shape index (κ1) is 18.9. The molecule has 2 aliphatic rings. The molecule has 2 heterocycles. The molecule has 146 valence electrons. The van der Waals surface area contributed by atoms with E-state index in [-0.39, 0.29) is 6.04 Å². The van der Waals surface area contributed by atoms with Gasteiger partial charge in [0.1, 0.15) is 0 Å². The number of likely N-dealkylation sites (tertiary alicyclic amines) is 1. The van der Waals surface area contributed by atoms with Crippen LogP contribution in [0.1, 0.15) is 62.8 Å². The van der Waals surface area contributed by atoms with Crippen molar-refractivity contribution in [2.45, 2.75) is 69.9 Å². The minimum atomic E-state index is -0.0332. The Morgan fingerprint density at radius 2 is 1.96 bits per heavy atom. The van der Waals surface area contributed by atoms with Crippen molar-refractivity contribution in [3.8, 4) is 0 Å². The summed E-state index contributed by atoms with van der Waals surface area (Å²) in [6, 6.07) is 8.80. The molecule has 2 aromatic rings. The fourth-order valence-electron chi connectivity index (χ4n) is 4.72. The topological polar surface area (TPSA) is 36.4 Å². The van der Waals surface area contributed by atoms with Crippen LogP contribution < -0.4 is 0 Å². The van der Waals surface area contributed by atoms with Gasteiger partial charge < -0.3 is 4.90 Å². The summed E-state index contributed by atoms with van der Waals surface area (Å²) in [5.41, 5.74) is 1.11. The van der Waals surface area contributed by atoms with Gasteiger partial charge in [0.05, 0.1) is 21.3 Å². The predicted octanol–water partition coefficient (Wildman–Crippen LogP) is 4.66. The molecule has 1 aromatic heterocycles. The molecule has 0 bridgehead atoms. The molecule has 4 rings (SSSR count). The Morgan fingerprint density at radius 3 is 2.74 bits per heavy atom. The maximum Gasteiger partial charge on any atom is 0.239 e. The quantitative estimate of drug-likeness (QED) is 0.768. The number of para-hydroxylation sites is 1. The zero-order chi connectivity index (χ0) is 18.8. The van der Waals surface area contributed by atoms with Crippen molar-refractivity contribution >= 4 is 27.5 Å². The lowest BCUT2D eigenvalue weighted by Gasteiger charge is -2.39. The van der Waals surface area contributed by atoms with E-state index in [1.165, 1.54) is 48.2 Å². The maximum atomic E-state index is 13.1. The van der Waals surface area contributed by atoms with Gasteiger partial charge in [-0.3, -0.25) is 9.69 Å². The van der Waals surface area contributed by atoms with Gasteiger partial charge in [0.15, 0.2) is 0 Å². The number of likely N-dealkylation sites (N-methyl/N-ethyl adjacent to an activating group) is 1. The average Bonchev–Trinajstić information content (AvgIpc) is 3.17. The fraction of sp³-hybridized carbons (Fsp3) is 0.636. The van der Waals surface area contributed by atoms with Crippen molar-refractivity contribution in [3.63, 3.8) is 0 Å². The Hall–Kier alpha value is -1.46. The summed E-state index contributed by atoms with van der Waals surface area (Å²) in [4.78, 5) is 22.4. The van der Waals surface area contributed by atoms with E-state index in [1.54, 1.807) is 0 Å². The van der Waals surface area contributed by atoms with Crippen LogP contribution in [-0.4, -0.2) is 52.9 Å². The third-order valence-corrected chi connectivity index (χ3v) is 7.69. The number of fused-ring (bicyclic) bond motifs is 1. The van der Waals surface area contributed by atoms with Gasteiger partial charge in [-0.15, -0.1) is 11.3 Å². The van der Waals surface area contributed by atoms with Crippen LogP contribution in [0.2, 0.25) is 0 Å². The van der Waals surface area contributed by atoms with Gasteiger partial charge in [0.25, 0.3) is 0 Å². The van der Waals surface area contributed by atoms with Gasteiger partial charge in [0, 0.05) is 25.6 Å². The summed E-state index contributed by atoms with van der Waals surface area (Å²) in [5.74, 6) is 0.748. The first-order valence-electron chi connectivity index (χ1n) is 10.5. The second-order valence-corrected chi connectivity index (χ2v) is 9.33. The molecule has 1 aliphatic heterocycles. The Kier molecular flexibility index (Phi) is 5.79. The highest BCUT2D eigenvalue weighted by molar-refractivity contribution is 7.18. The maximum absolute atomic E-state index is 13.1. The highest BCUT2D eigenvalue weighted by Crippen LogP contribution is 2.33. The Balaban J connectivity index is 1.43. The van der Waals surface area contributed by atoms with Gasteiger partial charge >= 0.3 is 0 Å². The van der Waals surface area contributed by atoms with Crippen molar-refractivity contribution in [2.75, 3.05) is 20.1 Å². The molecule has 27 heavy (non-hydrogen) atoms. The van der Waals surface area contributed by atoms with Crippen molar-refractivity contribution in [1.29, 1.82) is 0 Å². The van der Waals surface area contributed by atoms with Crippen LogP contribution in [0.5, 0.6) is 0 Å². The summed E-state index contributed by atoms with van der Waals surface area (Å²) in [5, 5.41) is 1.24. The van der Waals surface area contributed by atoms with Crippen molar-refractivity contribution in [1.82, 2.24) is 14.8 Å². The molecule has 0 unspecified atom stereocenters. The number of thiazole rings is 1. The Morgan fingerprint density at radius 1 is 1.19 bits per heavy atom. The van der Waals surface area contributed by atoms with E-state index in [0.717, 1.165) is 25.0 Å². The minimum absolute atomic E-state index is 0.0332. The van der Waals surface area contributed by atoms with Crippen LogP contribution in [0.4, 0.5) is 0 Å². The van der Waals surface area contributed by atoms with Gasteiger partial charge in [-0.2, -0.15) is 0 Å². The Labute approximate surface area is 166 Å². The number of hydrogen-bond donors (Lipinski definition) is 0. The molecular weight excluding hydrogens is 354 g/mol. The van der Waals surface area contributed by atoms with E-state index in [4.69, 9.17) is 4.98 Å². The molecule has 0 radical (unpaired) electrons. The second-order valence-electron chi connectivity index (χ2n) is 8.27. The summed E-state index contributed by atoms with van der Waals surface area (Å²) < 4.78 is 1.27. The van der Waals surface area contributed by atoms with Crippen molar-refractivity contribution in [3.05, 3.63) is 29.3 Å². The zero-order valence-corrected chi connectivity index (χ0v) is 17.4.